The number of rotatable bonds is 4. The maximum atomic E-state index is 12.9. The fourth-order valence-corrected chi connectivity index (χ4v) is 2.78. The molecule has 1 aliphatic rings. The molecule has 7 heteroatoms. The molecule has 1 heterocycles. The van der Waals surface area contributed by atoms with Crippen molar-refractivity contribution in [1.29, 1.82) is 0 Å². The molecule has 1 aromatic carbocycles. The van der Waals surface area contributed by atoms with Gasteiger partial charge in [0.05, 0.1) is 10.4 Å². The standard InChI is InChI=1S/C14H15BrFNO4/c1-8-5-17(6-10(8)14(19)20)13(18)7-21-12-3-2-9(16)4-11(12)15/h2-4,8,10H,5-7H2,1H3,(H,19,20). The molecule has 114 valence electrons. The predicted molar refractivity (Wildman–Crippen MR) is 76.5 cm³/mol. The number of nitrogens with zero attached hydrogens (tertiary/aromatic N) is 1. The van der Waals surface area contributed by atoms with Crippen molar-refractivity contribution in [3.8, 4) is 5.75 Å². The van der Waals surface area contributed by atoms with Gasteiger partial charge in [0, 0.05) is 13.1 Å². The van der Waals surface area contributed by atoms with Crippen LogP contribution >= 0.6 is 15.9 Å². The Balaban J connectivity index is 1.92. The molecule has 0 saturated carbocycles. The van der Waals surface area contributed by atoms with Crippen LogP contribution in [0, 0.1) is 17.7 Å². The van der Waals surface area contributed by atoms with Gasteiger partial charge in [-0.3, -0.25) is 9.59 Å². The molecule has 0 spiro atoms. The molecule has 1 aromatic rings. The number of likely N-dealkylation sites (tertiary alicyclic amines) is 1. The van der Waals surface area contributed by atoms with E-state index in [1.165, 1.54) is 23.1 Å². The molecule has 5 nitrogen and oxygen atoms in total. The molecule has 2 atom stereocenters. The minimum atomic E-state index is -0.889. The summed E-state index contributed by atoms with van der Waals surface area (Å²) >= 11 is 3.15. The van der Waals surface area contributed by atoms with Crippen LogP contribution in [-0.2, 0) is 9.59 Å². The fourth-order valence-electron chi connectivity index (χ4n) is 2.31. The maximum absolute atomic E-state index is 12.9. The minimum absolute atomic E-state index is 0.0796. The summed E-state index contributed by atoms with van der Waals surface area (Å²) in [6, 6.07) is 3.92. The van der Waals surface area contributed by atoms with Gasteiger partial charge in [0.2, 0.25) is 0 Å². The highest BCUT2D eigenvalue weighted by Crippen LogP contribution is 2.26. The Bertz CT molecular complexity index is 566. The van der Waals surface area contributed by atoms with Crippen LogP contribution < -0.4 is 4.74 Å². The van der Waals surface area contributed by atoms with Gasteiger partial charge in [0.1, 0.15) is 11.6 Å². The van der Waals surface area contributed by atoms with E-state index in [9.17, 15) is 14.0 Å². The third kappa shape index (κ3) is 3.72. The highest BCUT2D eigenvalue weighted by Gasteiger charge is 2.36. The van der Waals surface area contributed by atoms with E-state index in [0.29, 0.717) is 16.8 Å². The van der Waals surface area contributed by atoms with E-state index >= 15 is 0 Å². The van der Waals surface area contributed by atoms with Crippen LogP contribution in [0.15, 0.2) is 22.7 Å². The lowest BCUT2D eigenvalue weighted by Gasteiger charge is -2.16. The first-order valence-electron chi connectivity index (χ1n) is 6.47. The number of hydrogen-bond donors (Lipinski definition) is 1. The van der Waals surface area contributed by atoms with E-state index < -0.39 is 17.7 Å². The highest BCUT2D eigenvalue weighted by molar-refractivity contribution is 9.10. The van der Waals surface area contributed by atoms with E-state index in [0.717, 1.165) is 0 Å². The quantitative estimate of drug-likeness (QED) is 0.894. The average molecular weight is 360 g/mol. The van der Waals surface area contributed by atoms with E-state index in [-0.39, 0.29) is 25.0 Å². The van der Waals surface area contributed by atoms with Gasteiger partial charge >= 0.3 is 5.97 Å². The Kier molecular flexibility index (Phi) is 4.82. The number of hydrogen-bond acceptors (Lipinski definition) is 3. The summed E-state index contributed by atoms with van der Waals surface area (Å²) in [4.78, 5) is 24.5. The molecule has 1 amide bonds. The van der Waals surface area contributed by atoms with Crippen LogP contribution in [0.1, 0.15) is 6.92 Å². The summed E-state index contributed by atoms with van der Waals surface area (Å²) in [5.41, 5.74) is 0. The van der Waals surface area contributed by atoms with Gasteiger partial charge in [-0.15, -0.1) is 0 Å². The van der Waals surface area contributed by atoms with Gasteiger partial charge in [-0.2, -0.15) is 0 Å². The normalized spacial score (nSPS) is 21.4. The van der Waals surface area contributed by atoms with Crippen molar-refractivity contribution < 1.29 is 23.8 Å². The number of ether oxygens (including phenoxy) is 1. The maximum Gasteiger partial charge on any atom is 0.308 e. The van der Waals surface area contributed by atoms with E-state index in [4.69, 9.17) is 9.84 Å². The molecule has 0 radical (unpaired) electrons. The van der Waals surface area contributed by atoms with Crippen LogP contribution in [0.4, 0.5) is 4.39 Å². The van der Waals surface area contributed by atoms with Gasteiger partial charge in [-0.25, -0.2) is 4.39 Å². The van der Waals surface area contributed by atoms with E-state index in [2.05, 4.69) is 15.9 Å². The summed E-state index contributed by atoms with van der Waals surface area (Å²) in [7, 11) is 0. The average Bonchev–Trinajstić information content (AvgIpc) is 2.80. The Morgan fingerprint density at radius 3 is 2.76 bits per heavy atom. The molecule has 1 saturated heterocycles. The zero-order valence-corrected chi connectivity index (χ0v) is 13.0. The van der Waals surface area contributed by atoms with Gasteiger partial charge in [0.15, 0.2) is 6.61 Å². The SMILES string of the molecule is CC1CN(C(=O)COc2ccc(F)cc2Br)CC1C(=O)O. The number of benzene rings is 1. The van der Waals surface area contributed by atoms with E-state index in [1.807, 2.05) is 6.92 Å². The van der Waals surface area contributed by atoms with E-state index in [1.54, 1.807) is 0 Å². The Labute approximate surface area is 129 Å². The largest absolute Gasteiger partial charge is 0.483 e. The molecule has 0 aromatic heterocycles. The number of carboxylic acid groups (broad SMARTS) is 1. The summed E-state index contributed by atoms with van der Waals surface area (Å²) in [5.74, 6) is -1.82. The predicted octanol–water partition coefficient (Wildman–Crippen LogP) is 2.15. The summed E-state index contributed by atoms with van der Waals surface area (Å²) in [6.45, 7) is 2.21. The molecule has 2 unspecified atom stereocenters. The zero-order valence-electron chi connectivity index (χ0n) is 11.4. The summed E-state index contributed by atoms with van der Waals surface area (Å²) in [6.07, 6.45) is 0. The van der Waals surface area contributed by atoms with Crippen molar-refractivity contribution in [3.63, 3.8) is 0 Å². The van der Waals surface area contributed by atoms with Gasteiger partial charge in [-0.05, 0) is 40.0 Å². The molecular weight excluding hydrogens is 345 g/mol. The molecule has 1 fully saturated rings. The van der Waals surface area contributed by atoms with Crippen molar-refractivity contribution in [2.75, 3.05) is 19.7 Å². The van der Waals surface area contributed by atoms with Gasteiger partial charge in [0.25, 0.3) is 5.91 Å². The Hall–Kier alpha value is -1.63. The monoisotopic (exact) mass is 359 g/mol. The summed E-state index contributed by atoms with van der Waals surface area (Å²) in [5, 5.41) is 9.04. The fraction of sp³-hybridized carbons (Fsp3) is 0.429. The second-order valence-electron chi connectivity index (χ2n) is 5.08. The smallest absolute Gasteiger partial charge is 0.308 e. The van der Waals surface area contributed by atoms with Crippen molar-refractivity contribution in [3.05, 3.63) is 28.5 Å². The number of aliphatic carboxylic acids is 1. The summed E-state index contributed by atoms with van der Waals surface area (Å²) < 4.78 is 18.7. The van der Waals surface area contributed by atoms with Crippen molar-refractivity contribution in [2.24, 2.45) is 11.8 Å². The third-order valence-corrected chi connectivity index (χ3v) is 4.15. The minimum Gasteiger partial charge on any atom is -0.483 e. The molecule has 1 aliphatic heterocycles. The molecule has 2 rings (SSSR count). The number of carboxylic acids is 1. The highest BCUT2D eigenvalue weighted by atomic mass is 79.9. The molecule has 0 aliphatic carbocycles. The molecule has 1 N–H and O–H groups in total. The first-order valence-corrected chi connectivity index (χ1v) is 7.26. The topological polar surface area (TPSA) is 66.8 Å². The number of carbonyl (C=O) groups is 2. The lowest BCUT2D eigenvalue weighted by molar-refractivity contribution is -0.142. The van der Waals surface area contributed by atoms with Gasteiger partial charge in [-0.1, -0.05) is 6.92 Å². The van der Waals surface area contributed by atoms with Crippen molar-refractivity contribution in [2.45, 2.75) is 6.92 Å². The van der Waals surface area contributed by atoms with Gasteiger partial charge < -0.3 is 14.7 Å². The molecular formula is C14H15BrFNO4. The lowest BCUT2D eigenvalue weighted by atomic mass is 9.99. The number of amides is 1. The second kappa shape index (κ2) is 6.43. The van der Waals surface area contributed by atoms with Crippen LogP contribution in [0.3, 0.4) is 0 Å². The van der Waals surface area contributed by atoms with Crippen molar-refractivity contribution in [1.82, 2.24) is 4.90 Å². The van der Waals surface area contributed by atoms with Crippen LogP contribution in [0.25, 0.3) is 0 Å². The number of carbonyl (C=O) groups excluding carboxylic acids is 1. The third-order valence-electron chi connectivity index (χ3n) is 3.53. The van der Waals surface area contributed by atoms with Crippen LogP contribution in [0.5, 0.6) is 5.75 Å². The van der Waals surface area contributed by atoms with Crippen molar-refractivity contribution >= 4 is 27.8 Å². The Morgan fingerprint density at radius 2 is 2.19 bits per heavy atom. The Morgan fingerprint density at radius 1 is 1.48 bits per heavy atom. The lowest BCUT2D eigenvalue weighted by Crippen LogP contribution is -2.33. The van der Waals surface area contributed by atoms with Crippen LogP contribution in [0.2, 0.25) is 0 Å². The molecule has 0 bridgehead atoms. The zero-order chi connectivity index (χ0) is 15.6. The second-order valence-corrected chi connectivity index (χ2v) is 5.94. The first-order chi connectivity index (χ1) is 9.88. The molecule has 21 heavy (non-hydrogen) atoms. The first kappa shape index (κ1) is 15.8. The number of halogens is 2. The van der Waals surface area contributed by atoms with Crippen LogP contribution in [-0.4, -0.2) is 41.6 Å².